The lowest BCUT2D eigenvalue weighted by Gasteiger charge is -2.17. The largest absolute Gasteiger partial charge is 0.370 e. The predicted octanol–water partition coefficient (Wildman–Crippen LogP) is 2.53. The second kappa shape index (κ2) is 4.44. The van der Waals surface area contributed by atoms with Gasteiger partial charge >= 0.3 is 0 Å². The van der Waals surface area contributed by atoms with Gasteiger partial charge in [-0.25, -0.2) is 4.52 Å². The van der Waals surface area contributed by atoms with Gasteiger partial charge in [0.2, 0.25) is 0 Å². The molecule has 0 atom stereocenters. The van der Waals surface area contributed by atoms with E-state index in [4.69, 9.17) is 0 Å². The van der Waals surface area contributed by atoms with Gasteiger partial charge in [-0.2, -0.15) is 5.10 Å². The molecule has 1 fully saturated rings. The monoisotopic (exact) mass is 243 g/mol. The molecular weight excluding hydrogens is 226 g/mol. The Morgan fingerprint density at radius 1 is 1.33 bits per heavy atom. The average molecular weight is 243 g/mol. The van der Waals surface area contributed by atoms with Crippen molar-refractivity contribution >= 4 is 17.0 Å². The van der Waals surface area contributed by atoms with Crippen LogP contribution in [-0.4, -0.2) is 28.5 Å². The highest BCUT2D eigenvalue weighted by Gasteiger charge is 2.15. The zero-order valence-electron chi connectivity index (χ0n) is 10.6. The van der Waals surface area contributed by atoms with Crippen LogP contribution in [0.5, 0.6) is 0 Å². The molecule has 0 bridgehead atoms. The summed E-state index contributed by atoms with van der Waals surface area (Å²) < 4.78 is 1.82. The average Bonchev–Trinajstić information content (AvgIpc) is 3.06. The number of carbonyl (C=O) groups excluding carboxylic acids is 1. The Bertz CT molecular complexity index is 582. The number of pyridine rings is 1. The van der Waals surface area contributed by atoms with Crippen LogP contribution < -0.4 is 4.90 Å². The quantitative estimate of drug-likeness (QED) is 0.777. The first-order chi connectivity index (χ1) is 8.79. The molecule has 0 aliphatic carbocycles. The molecule has 0 saturated carbocycles. The summed E-state index contributed by atoms with van der Waals surface area (Å²) in [4.78, 5) is 14.1. The van der Waals surface area contributed by atoms with Gasteiger partial charge in [-0.1, -0.05) is 6.92 Å². The van der Waals surface area contributed by atoms with Crippen LogP contribution in [0, 0.1) is 0 Å². The molecule has 1 saturated heterocycles. The van der Waals surface area contributed by atoms with Gasteiger partial charge in [0.05, 0.1) is 29.2 Å². The molecule has 4 nitrogen and oxygen atoms in total. The van der Waals surface area contributed by atoms with Crippen molar-refractivity contribution in [2.24, 2.45) is 0 Å². The summed E-state index contributed by atoms with van der Waals surface area (Å²) in [5.74, 6) is 0.152. The highest BCUT2D eigenvalue weighted by Crippen LogP contribution is 2.22. The van der Waals surface area contributed by atoms with Crippen LogP contribution in [-0.2, 0) is 0 Å². The molecule has 0 amide bonds. The number of carbonyl (C=O) groups is 1. The van der Waals surface area contributed by atoms with Gasteiger partial charge in [0, 0.05) is 19.5 Å². The third-order valence-electron chi connectivity index (χ3n) is 3.59. The second-order valence-corrected chi connectivity index (χ2v) is 4.75. The first-order valence-corrected chi connectivity index (χ1v) is 6.55. The topological polar surface area (TPSA) is 37.6 Å². The molecule has 18 heavy (non-hydrogen) atoms. The third kappa shape index (κ3) is 1.78. The predicted molar refractivity (Wildman–Crippen MR) is 71.3 cm³/mol. The molecule has 0 aromatic carbocycles. The molecule has 0 N–H and O–H groups in total. The summed E-state index contributed by atoms with van der Waals surface area (Å²) in [7, 11) is 0. The van der Waals surface area contributed by atoms with E-state index in [1.165, 1.54) is 18.5 Å². The van der Waals surface area contributed by atoms with Gasteiger partial charge in [-0.15, -0.1) is 0 Å². The minimum absolute atomic E-state index is 0.152. The lowest BCUT2D eigenvalue weighted by atomic mass is 10.1. The van der Waals surface area contributed by atoms with Crippen molar-refractivity contribution in [1.29, 1.82) is 0 Å². The highest BCUT2D eigenvalue weighted by atomic mass is 16.1. The SMILES string of the molecule is CCC(=O)c1cnn2cc(N3CCCC3)ccc12. The molecule has 0 unspecified atom stereocenters. The molecule has 2 aromatic rings. The Balaban J connectivity index is 2.01. The van der Waals surface area contributed by atoms with E-state index in [2.05, 4.69) is 16.1 Å². The summed E-state index contributed by atoms with van der Waals surface area (Å²) in [5, 5.41) is 4.29. The number of nitrogens with zero attached hydrogens (tertiary/aromatic N) is 3. The van der Waals surface area contributed by atoms with E-state index in [-0.39, 0.29) is 5.78 Å². The summed E-state index contributed by atoms with van der Waals surface area (Å²) in [6.07, 6.45) is 6.74. The fourth-order valence-corrected chi connectivity index (χ4v) is 2.54. The molecule has 2 aromatic heterocycles. The van der Waals surface area contributed by atoms with Crippen molar-refractivity contribution in [1.82, 2.24) is 9.61 Å². The van der Waals surface area contributed by atoms with Crippen LogP contribution >= 0.6 is 0 Å². The van der Waals surface area contributed by atoms with Gasteiger partial charge in [-0.3, -0.25) is 4.79 Å². The summed E-state index contributed by atoms with van der Waals surface area (Å²) in [6.45, 7) is 4.12. The van der Waals surface area contributed by atoms with Crippen molar-refractivity contribution in [3.8, 4) is 0 Å². The van der Waals surface area contributed by atoms with Crippen LogP contribution in [0.4, 0.5) is 5.69 Å². The third-order valence-corrected chi connectivity index (χ3v) is 3.59. The Morgan fingerprint density at radius 2 is 2.11 bits per heavy atom. The van der Waals surface area contributed by atoms with E-state index in [0.717, 1.165) is 24.2 Å². The number of hydrogen-bond donors (Lipinski definition) is 0. The van der Waals surface area contributed by atoms with Crippen molar-refractivity contribution in [3.05, 3.63) is 30.1 Å². The second-order valence-electron chi connectivity index (χ2n) is 4.75. The molecule has 1 aliphatic rings. The van der Waals surface area contributed by atoms with Gasteiger partial charge < -0.3 is 4.90 Å². The molecule has 1 aliphatic heterocycles. The molecular formula is C14H17N3O. The number of hydrogen-bond acceptors (Lipinski definition) is 3. The Morgan fingerprint density at radius 3 is 2.83 bits per heavy atom. The number of fused-ring (bicyclic) bond motifs is 1. The van der Waals surface area contributed by atoms with Gasteiger partial charge in [0.25, 0.3) is 0 Å². The molecule has 94 valence electrons. The fraction of sp³-hybridized carbons (Fsp3) is 0.429. The minimum Gasteiger partial charge on any atom is -0.370 e. The summed E-state index contributed by atoms with van der Waals surface area (Å²) in [6, 6.07) is 4.10. The number of Topliss-reactive ketones (excluding diaryl/α,β-unsaturated/α-hetero) is 1. The number of ketones is 1. The van der Waals surface area contributed by atoms with E-state index >= 15 is 0 Å². The maximum atomic E-state index is 11.8. The lowest BCUT2D eigenvalue weighted by molar-refractivity contribution is 0.0989. The maximum absolute atomic E-state index is 11.8. The van der Waals surface area contributed by atoms with Crippen molar-refractivity contribution < 1.29 is 4.79 Å². The molecule has 3 rings (SSSR count). The van der Waals surface area contributed by atoms with E-state index in [1.54, 1.807) is 6.20 Å². The van der Waals surface area contributed by atoms with E-state index in [0.29, 0.717) is 6.42 Å². The Hall–Kier alpha value is -1.84. The molecule has 4 heteroatoms. The van der Waals surface area contributed by atoms with Crippen LogP contribution in [0.15, 0.2) is 24.5 Å². The zero-order valence-corrected chi connectivity index (χ0v) is 10.6. The standard InChI is InChI=1S/C14H17N3O/c1-2-14(18)12-9-15-17-10-11(5-6-13(12)17)16-7-3-4-8-16/h5-6,9-10H,2-4,7-8H2,1H3. The van der Waals surface area contributed by atoms with Crippen LogP contribution in [0.1, 0.15) is 36.5 Å². The van der Waals surface area contributed by atoms with E-state index in [1.807, 2.05) is 23.7 Å². The smallest absolute Gasteiger partial charge is 0.166 e. The van der Waals surface area contributed by atoms with Crippen LogP contribution in [0.2, 0.25) is 0 Å². The summed E-state index contributed by atoms with van der Waals surface area (Å²) in [5.41, 5.74) is 2.83. The van der Waals surface area contributed by atoms with E-state index in [9.17, 15) is 4.79 Å². The molecule has 0 spiro atoms. The van der Waals surface area contributed by atoms with E-state index < -0.39 is 0 Å². The molecule has 0 radical (unpaired) electrons. The maximum Gasteiger partial charge on any atom is 0.166 e. The zero-order chi connectivity index (χ0) is 12.5. The number of aromatic nitrogens is 2. The van der Waals surface area contributed by atoms with Crippen LogP contribution in [0.25, 0.3) is 5.52 Å². The van der Waals surface area contributed by atoms with Gasteiger partial charge in [0.15, 0.2) is 5.78 Å². The normalized spacial score (nSPS) is 15.5. The minimum atomic E-state index is 0.152. The Labute approximate surface area is 106 Å². The number of anilines is 1. The van der Waals surface area contributed by atoms with Crippen molar-refractivity contribution in [2.75, 3.05) is 18.0 Å². The van der Waals surface area contributed by atoms with Gasteiger partial charge in [0.1, 0.15) is 0 Å². The first kappa shape index (κ1) is 11.3. The lowest BCUT2D eigenvalue weighted by Crippen LogP contribution is -2.17. The molecule has 3 heterocycles. The number of rotatable bonds is 3. The van der Waals surface area contributed by atoms with Crippen LogP contribution in [0.3, 0.4) is 0 Å². The van der Waals surface area contributed by atoms with Crippen molar-refractivity contribution in [3.63, 3.8) is 0 Å². The first-order valence-electron chi connectivity index (χ1n) is 6.55. The highest BCUT2D eigenvalue weighted by molar-refractivity contribution is 6.02. The van der Waals surface area contributed by atoms with Gasteiger partial charge in [-0.05, 0) is 25.0 Å². The fourth-order valence-electron chi connectivity index (χ4n) is 2.54. The van der Waals surface area contributed by atoms with Crippen molar-refractivity contribution in [2.45, 2.75) is 26.2 Å². The summed E-state index contributed by atoms with van der Waals surface area (Å²) >= 11 is 0. The Kier molecular flexibility index (Phi) is 2.78.